The summed E-state index contributed by atoms with van der Waals surface area (Å²) in [4.78, 5) is 14.8. The average molecular weight is 268 g/mol. The highest BCUT2D eigenvalue weighted by Crippen LogP contribution is 2.15. The molecule has 0 bridgehead atoms. The molecule has 0 saturated carbocycles. The Morgan fingerprint density at radius 2 is 2.00 bits per heavy atom. The van der Waals surface area contributed by atoms with Crippen molar-refractivity contribution in [2.75, 3.05) is 5.73 Å². The van der Waals surface area contributed by atoms with Gasteiger partial charge in [-0.3, -0.25) is 0 Å². The molecule has 0 fully saturated rings. The molecule has 0 spiro atoms. The molecule has 3 N–H and O–H groups in total. The molecule has 4 heteroatoms. The molecule has 102 valence electrons. The molecule has 2 rings (SSSR count). The number of pyridine rings is 1. The van der Waals surface area contributed by atoms with E-state index in [0.29, 0.717) is 17.8 Å². The largest absolute Gasteiger partial charge is 0.478 e. The van der Waals surface area contributed by atoms with Crippen LogP contribution in [0, 0.1) is 0 Å². The van der Waals surface area contributed by atoms with Crippen LogP contribution in [0.1, 0.15) is 23.6 Å². The van der Waals surface area contributed by atoms with E-state index in [9.17, 15) is 4.79 Å². The second-order valence-corrected chi connectivity index (χ2v) is 4.60. The number of aromatic nitrogens is 1. The summed E-state index contributed by atoms with van der Waals surface area (Å²) >= 11 is 0. The number of carboxylic acid groups (broad SMARTS) is 1. The average Bonchev–Trinajstić information content (AvgIpc) is 2.43. The number of aliphatic carboxylic acids is 1. The SMILES string of the molecule is C/C(=C\c1ccc(Cc2cccnc2N)cc1)C(=O)O. The number of nitrogen functional groups attached to an aromatic ring is 1. The van der Waals surface area contributed by atoms with E-state index in [0.717, 1.165) is 16.7 Å². The molecule has 0 amide bonds. The Morgan fingerprint density at radius 3 is 2.60 bits per heavy atom. The van der Waals surface area contributed by atoms with E-state index in [1.807, 2.05) is 36.4 Å². The molecule has 1 heterocycles. The zero-order valence-corrected chi connectivity index (χ0v) is 11.2. The van der Waals surface area contributed by atoms with Crippen molar-refractivity contribution in [3.8, 4) is 0 Å². The Hall–Kier alpha value is -2.62. The zero-order chi connectivity index (χ0) is 14.5. The van der Waals surface area contributed by atoms with Crippen LogP contribution in [0.3, 0.4) is 0 Å². The standard InChI is InChI=1S/C16H16N2O2/c1-11(16(19)20)9-12-4-6-13(7-5-12)10-14-3-2-8-18-15(14)17/h2-9H,10H2,1H3,(H2,17,18)(H,19,20)/b11-9+. The number of nitrogens with two attached hydrogens (primary N) is 1. The molecule has 4 nitrogen and oxygen atoms in total. The Morgan fingerprint density at radius 1 is 1.30 bits per heavy atom. The number of anilines is 1. The molecule has 0 aliphatic carbocycles. The normalized spacial score (nSPS) is 11.3. The smallest absolute Gasteiger partial charge is 0.331 e. The summed E-state index contributed by atoms with van der Waals surface area (Å²) in [6.45, 7) is 1.58. The fraction of sp³-hybridized carbons (Fsp3) is 0.125. The lowest BCUT2D eigenvalue weighted by Gasteiger charge is -2.05. The number of carboxylic acids is 1. The second kappa shape index (κ2) is 6.02. The van der Waals surface area contributed by atoms with Gasteiger partial charge in [0.25, 0.3) is 0 Å². The Balaban J connectivity index is 2.15. The van der Waals surface area contributed by atoms with Gasteiger partial charge in [0.05, 0.1) is 0 Å². The minimum absolute atomic E-state index is 0.314. The van der Waals surface area contributed by atoms with E-state index in [2.05, 4.69) is 4.98 Å². The van der Waals surface area contributed by atoms with Crippen molar-refractivity contribution >= 4 is 17.9 Å². The Bertz CT molecular complexity index is 646. The maximum atomic E-state index is 10.8. The van der Waals surface area contributed by atoms with E-state index in [-0.39, 0.29) is 0 Å². The van der Waals surface area contributed by atoms with Gasteiger partial charge < -0.3 is 10.8 Å². The lowest BCUT2D eigenvalue weighted by atomic mass is 10.0. The van der Waals surface area contributed by atoms with Crippen molar-refractivity contribution in [2.45, 2.75) is 13.3 Å². The van der Waals surface area contributed by atoms with Crippen molar-refractivity contribution < 1.29 is 9.90 Å². The number of benzene rings is 1. The van der Waals surface area contributed by atoms with Crippen molar-refractivity contribution in [3.63, 3.8) is 0 Å². The Kier molecular flexibility index (Phi) is 4.15. The first-order chi connectivity index (χ1) is 9.56. The van der Waals surface area contributed by atoms with Gasteiger partial charge in [-0.1, -0.05) is 30.3 Å². The van der Waals surface area contributed by atoms with Gasteiger partial charge in [0, 0.05) is 18.2 Å². The molecule has 0 unspecified atom stereocenters. The third kappa shape index (κ3) is 3.45. The lowest BCUT2D eigenvalue weighted by Crippen LogP contribution is -1.98. The highest BCUT2D eigenvalue weighted by Gasteiger charge is 2.02. The van der Waals surface area contributed by atoms with E-state index < -0.39 is 5.97 Å². The van der Waals surface area contributed by atoms with Crippen LogP contribution in [0.5, 0.6) is 0 Å². The van der Waals surface area contributed by atoms with Crippen molar-refractivity contribution in [3.05, 3.63) is 64.9 Å². The molecule has 0 saturated heterocycles. The number of nitrogens with zero attached hydrogens (tertiary/aromatic N) is 1. The van der Waals surface area contributed by atoms with Gasteiger partial charge in [0.15, 0.2) is 0 Å². The van der Waals surface area contributed by atoms with Gasteiger partial charge >= 0.3 is 5.97 Å². The van der Waals surface area contributed by atoms with Gasteiger partial charge in [-0.25, -0.2) is 9.78 Å². The van der Waals surface area contributed by atoms with Crippen molar-refractivity contribution in [1.82, 2.24) is 4.98 Å². The first kappa shape index (κ1) is 13.8. The summed E-state index contributed by atoms with van der Waals surface area (Å²) in [5, 5.41) is 8.83. The highest BCUT2D eigenvalue weighted by molar-refractivity contribution is 5.91. The highest BCUT2D eigenvalue weighted by atomic mass is 16.4. The molecule has 1 aromatic heterocycles. The van der Waals surface area contributed by atoms with Crippen LogP contribution >= 0.6 is 0 Å². The minimum Gasteiger partial charge on any atom is -0.478 e. The monoisotopic (exact) mass is 268 g/mol. The van der Waals surface area contributed by atoms with Crippen molar-refractivity contribution in [2.24, 2.45) is 0 Å². The summed E-state index contributed by atoms with van der Waals surface area (Å²) in [5.74, 6) is -0.365. The third-order valence-corrected chi connectivity index (χ3v) is 3.02. The van der Waals surface area contributed by atoms with Crippen LogP contribution in [-0.4, -0.2) is 16.1 Å². The summed E-state index contributed by atoms with van der Waals surface area (Å²) in [5.41, 5.74) is 9.08. The predicted octanol–water partition coefficient (Wildman–Crippen LogP) is 2.74. The van der Waals surface area contributed by atoms with E-state index in [1.54, 1.807) is 19.2 Å². The number of rotatable bonds is 4. The summed E-state index contributed by atoms with van der Waals surface area (Å²) in [6.07, 6.45) is 4.02. The number of hydrogen-bond acceptors (Lipinski definition) is 3. The second-order valence-electron chi connectivity index (χ2n) is 4.60. The molecular weight excluding hydrogens is 252 g/mol. The molecule has 0 aliphatic rings. The first-order valence-corrected chi connectivity index (χ1v) is 6.26. The molecule has 20 heavy (non-hydrogen) atoms. The van der Waals surface area contributed by atoms with Crippen LogP contribution in [0.4, 0.5) is 5.82 Å². The van der Waals surface area contributed by atoms with E-state index in [1.165, 1.54) is 0 Å². The van der Waals surface area contributed by atoms with E-state index >= 15 is 0 Å². The number of carbonyl (C=O) groups is 1. The Labute approximate surface area is 117 Å². The quantitative estimate of drug-likeness (QED) is 0.836. The van der Waals surface area contributed by atoms with Crippen LogP contribution in [0.25, 0.3) is 6.08 Å². The maximum Gasteiger partial charge on any atom is 0.331 e. The van der Waals surface area contributed by atoms with Crippen LogP contribution in [0.2, 0.25) is 0 Å². The fourth-order valence-electron chi connectivity index (χ4n) is 1.86. The lowest BCUT2D eigenvalue weighted by molar-refractivity contribution is -0.132. The van der Waals surface area contributed by atoms with Gasteiger partial charge in [-0.2, -0.15) is 0 Å². The van der Waals surface area contributed by atoms with Gasteiger partial charge in [-0.05, 0) is 35.8 Å². The topological polar surface area (TPSA) is 76.2 Å². The third-order valence-electron chi connectivity index (χ3n) is 3.02. The van der Waals surface area contributed by atoms with Crippen LogP contribution < -0.4 is 5.73 Å². The molecule has 0 atom stereocenters. The van der Waals surface area contributed by atoms with E-state index in [4.69, 9.17) is 10.8 Å². The van der Waals surface area contributed by atoms with Crippen LogP contribution in [0.15, 0.2) is 48.2 Å². The molecular formula is C16H16N2O2. The van der Waals surface area contributed by atoms with Crippen LogP contribution in [-0.2, 0) is 11.2 Å². The molecule has 2 aromatic rings. The molecule has 0 radical (unpaired) electrons. The summed E-state index contributed by atoms with van der Waals surface area (Å²) in [6, 6.07) is 11.5. The molecule has 0 aliphatic heterocycles. The van der Waals surface area contributed by atoms with Gasteiger partial charge in [0.2, 0.25) is 0 Å². The van der Waals surface area contributed by atoms with Crippen molar-refractivity contribution in [1.29, 1.82) is 0 Å². The summed E-state index contributed by atoms with van der Waals surface area (Å²) in [7, 11) is 0. The fourth-order valence-corrected chi connectivity index (χ4v) is 1.86. The number of hydrogen-bond donors (Lipinski definition) is 2. The predicted molar refractivity (Wildman–Crippen MR) is 79.2 cm³/mol. The van der Waals surface area contributed by atoms with Gasteiger partial charge in [-0.15, -0.1) is 0 Å². The van der Waals surface area contributed by atoms with Gasteiger partial charge in [0.1, 0.15) is 5.82 Å². The minimum atomic E-state index is -0.905. The maximum absolute atomic E-state index is 10.8. The molecule has 1 aromatic carbocycles. The zero-order valence-electron chi connectivity index (χ0n) is 11.2. The first-order valence-electron chi connectivity index (χ1n) is 6.26. The summed E-state index contributed by atoms with van der Waals surface area (Å²) < 4.78 is 0.